The van der Waals surface area contributed by atoms with Crippen molar-refractivity contribution in [1.82, 2.24) is 15.9 Å². The lowest BCUT2D eigenvalue weighted by Gasteiger charge is -2.37. The van der Waals surface area contributed by atoms with Crippen molar-refractivity contribution in [2.45, 2.75) is 37.6 Å². The summed E-state index contributed by atoms with van der Waals surface area (Å²) in [4.78, 5) is 39.2. The van der Waals surface area contributed by atoms with Crippen LogP contribution in [0.25, 0.3) is 0 Å². The minimum absolute atomic E-state index is 0. The first-order valence-electron chi connectivity index (χ1n) is 8.77. The van der Waals surface area contributed by atoms with E-state index in [1.54, 1.807) is 6.07 Å². The van der Waals surface area contributed by atoms with E-state index in [1.165, 1.54) is 4.90 Å². The van der Waals surface area contributed by atoms with Gasteiger partial charge in [0.15, 0.2) is 6.23 Å². The fourth-order valence-corrected chi connectivity index (χ4v) is 4.40. The third kappa shape index (κ3) is 2.60. The SMILES string of the molecule is Cl.O=C1c2ccc(N3C4CCC3CNC4)cc2C(=O)N1C1CCONO1. The molecule has 9 heteroatoms. The van der Waals surface area contributed by atoms with Gasteiger partial charge in [-0.2, -0.15) is 0 Å². The molecule has 0 spiro atoms. The number of hydrogen-bond acceptors (Lipinski definition) is 7. The number of amides is 2. The van der Waals surface area contributed by atoms with E-state index in [-0.39, 0.29) is 24.2 Å². The Bertz CT molecular complexity index is 723. The molecule has 0 aromatic heterocycles. The van der Waals surface area contributed by atoms with Crippen molar-refractivity contribution in [3.63, 3.8) is 0 Å². The van der Waals surface area contributed by atoms with E-state index >= 15 is 0 Å². The molecule has 8 nitrogen and oxygen atoms in total. The Morgan fingerprint density at radius 2 is 1.73 bits per heavy atom. The van der Waals surface area contributed by atoms with Gasteiger partial charge in [0.1, 0.15) is 0 Å². The molecule has 0 radical (unpaired) electrons. The normalized spacial score (nSPS) is 30.4. The second-order valence-corrected chi connectivity index (χ2v) is 6.95. The van der Waals surface area contributed by atoms with E-state index in [9.17, 15) is 9.59 Å². The van der Waals surface area contributed by atoms with Gasteiger partial charge in [0.05, 0.1) is 17.7 Å². The molecular weight excluding hydrogens is 360 g/mol. The number of hydrogen-bond donors (Lipinski definition) is 2. The topological polar surface area (TPSA) is 83.1 Å². The van der Waals surface area contributed by atoms with E-state index < -0.39 is 6.23 Å². The molecule has 26 heavy (non-hydrogen) atoms. The summed E-state index contributed by atoms with van der Waals surface area (Å²) in [5.41, 5.74) is 4.25. The molecule has 2 bridgehead atoms. The number of nitrogens with zero attached hydrogens (tertiary/aromatic N) is 2. The number of rotatable bonds is 2. The van der Waals surface area contributed by atoms with Crippen LogP contribution >= 0.6 is 12.4 Å². The molecule has 3 fully saturated rings. The number of halogens is 1. The summed E-state index contributed by atoms with van der Waals surface area (Å²) in [5.74, 6) is -0.596. The van der Waals surface area contributed by atoms with Crippen LogP contribution in [0, 0.1) is 0 Å². The maximum atomic E-state index is 12.8. The van der Waals surface area contributed by atoms with E-state index in [2.05, 4.69) is 15.9 Å². The molecule has 1 aromatic carbocycles. The van der Waals surface area contributed by atoms with Crippen LogP contribution in [0.4, 0.5) is 5.69 Å². The molecule has 4 heterocycles. The number of piperazine rings is 1. The summed E-state index contributed by atoms with van der Waals surface area (Å²) in [6.07, 6.45) is 2.14. The highest BCUT2D eigenvalue weighted by Gasteiger charge is 2.43. The van der Waals surface area contributed by atoms with Crippen LogP contribution in [-0.2, 0) is 9.68 Å². The fourth-order valence-electron chi connectivity index (χ4n) is 4.40. The van der Waals surface area contributed by atoms with Crippen molar-refractivity contribution in [3.05, 3.63) is 29.3 Å². The minimum Gasteiger partial charge on any atom is -0.363 e. The minimum atomic E-state index is -0.639. The Labute approximate surface area is 157 Å². The predicted octanol–water partition coefficient (Wildman–Crippen LogP) is 0.828. The van der Waals surface area contributed by atoms with Gasteiger partial charge in [0, 0.05) is 37.3 Å². The molecule has 4 aliphatic heterocycles. The van der Waals surface area contributed by atoms with Crippen LogP contribution < -0.4 is 15.9 Å². The van der Waals surface area contributed by atoms with E-state index in [0.717, 1.165) is 31.6 Å². The van der Waals surface area contributed by atoms with Crippen molar-refractivity contribution >= 4 is 29.9 Å². The molecule has 4 aliphatic rings. The molecule has 0 aliphatic carbocycles. The van der Waals surface area contributed by atoms with Gasteiger partial charge in [-0.1, -0.05) is 5.64 Å². The summed E-state index contributed by atoms with van der Waals surface area (Å²) in [6.45, 7) is 2.32. The molecular formula is C17H21ClN4O4. The van der Waals surface area contributed by atoms with Gasteiger partial charge < -0.3 is 10.2 Å². The zero-order valence-corrected chi connectivity index (χ0v) is 15.0. The van der Waals surface area contributed by atoms with Crippen LogP contribution in [0.15, 0.2) is 18.2 Å². The summed E-state index contributed by atoms with van der Waals surface area (Å²) in [6, 6.07) is 6.54. The lowest BCUT2D eigenvalue weighted by atomic mass is 10.1. The van der Waals surface area contributed by atoms with E-state index in [0.29, 0.717) is 36.2 Å². The number of nitrogens with one attached hydrogen (secondary N) is 2. The second-order valence-electron chi connectivity index (χ2n) is 6.95. The van der Waals surface area contributed by atoms with Gasteiger partial charge in [-0.05, 0) is 31.0 Å². The number of imide groups is 1. The highest BCUT2D eigenvalue weighted by molar-refractivity contribution is 6.21. The van der Waals surface area contributed by atoms with E-state index in [4.69, 9.17) is 9.68 Å². The van der Waals surface area contributed by atoms with Crippen molar-refractivity contribution in [1.29, 1.82) is 0 Å². The first kappa shape index (κ1) is 17.7. The van der Waals surface area contributed by atoms with Crippen molar-refractivity contribution in [2.24, 2.45) is 0 Å². The molecule has 3 unspecified atom stereocenters. The molecule has 5 rings (SSSR count). The summed E-state index contributed by atoms with van der Waals surface area (Å²) < 4.78 is 0. The van der Waals surface area contributed by atoms with Gasteiger partial charge in [0.25, 0.3) is 11.8 Å². The Hall–Kier alpha value is -1.71. The zero-order chi connectivity index (χ0) is 17.0. The van der Waals surface area contributed by atoms with Crippen LogP contribution in [0.3, 0.4) is 0 Å². The monoisotopic (exact) mass is 380 g/mol. The molecule has 2 amide bonds. The van der Waals surface area contributed by atoms with E-state index in [1.807, 2.05) is 12.1 Å². The lowest BCUT2D eigenvalue weighted by molar-refractivity contribution is -0.259. The van der Waals surface area contributed by atoms with Crippen LogP contribution in [0.2, 0.25) is 0 Å². The Balaban J connectivity index is 0.00000168. The molecule has 2 N–H and O–H groups in total. The molecule has 0 saturated carbocycles. The van der Waals surface area contributed by atoms with Crippen LogP contribution in [-0.4, -0.2) is 54.7 Å². The Morgan fingerprint density at radius 3 is 2.42 bits per heavy atom. The standard InChI is InChI=1S/C17H20N4O4.ClH/c22-16-13-4-3-10(20-11-1-2-12(20)9-18-8-11)7-14(13)17(23)21(16)15-5-6-24-19-25-15;/h3-4,7,11-12,15,18-19H,1-2,5-6,8-9H2;1H. The maximum Gasteiger partial charge on any atom is 0.263 e. The number of anilines is 1. The smallest absolute Gasteiger partial charge is 0.263 e. The Kier molecular flexibility index (Phi) is 4.62. The Morgan fingerprint density at radius 1 is 1.00 bits per heavy atom. The first-order valence-corrected chi connectivity index (χ1v) is 8.77. The molecule has 1 aromatic rings. The first-order chi connectivity index (χ1) is 12.2. The van der Waals surface area contributed by atoms with Crippen LogP contribution in [0.5, 0.6) is 0 Å². The second kappa shape index (κ2) is 6.79. The van der Waals surface area contributed by atoms with Crippen molar-refractivity contribution in [3.8, 4) is 0 Å². The number of benzene rings is 1. The molecule has 140 valence electrons. The fraction of sp³-hybridized carbons (Fsp3) is 0.529. The third-order valence-electron chi connectivity index (χ3n) is 5.58. The van der Waals surface area contributed by atoms with Gasteiger partial charge >= 0.3 is 0 Å². The molecule has 3 saturated heterocycles. The lowest BCUT2D eigenvalue weighted by Crippen LogP contribution is -2.52. The largest absolute Gasteiger partial charge is 0.363 e. The summed E-state index contributed by atoms with van der Waals surface area (Å²) in [7, 11) is 0. The highest BCUT2D eigenvalue weighted by Crippen LogP contribution is 2.36. The molecule has 3 atom stereocenters. The zero-order valence-electron chi connectivity index (χ0n) is 14.1. The van der Waals surface area contributed by atoms with Crippen LogP contribution in [0.1, 0.15) is 40.0 Å². The quantitative estimate of drug-likeness (QED) is 0.735. The van der Waals surface area contributed by atoms with Gasteiger partial charge in [-0.3, -0.25) is 19.3 Å². The third-order valence-corrected chi connectivity index (χ3v) is 5.58. The highest BCUT2D eigenvalue weighted by atomic mass is 35.5. The number of carbonyl (C=O) groups excluding carboxylic acids is 2. The number of fused-ring (bicyclic) bond motifs is 3. The van der Waals surface area contributed by atoms with Crippen molar-refractivity contribution < 1.29 is 19.3 Å². The number of carbonyl (C=O) groups is 2. The van der Waals surface area contributed by atoms with Gasteiger partial charge in [0.2, 0.25) is 0 Å². The van der Waals surface area contributed by atoms with Gasteiger partial charge in [-0.15, -0.1) is 12.4 Å². The summed E-state index contributed by atoms with van der Waals surface area (Å²) >= 11 is 0. The predicted molar refractivity (Wildman–Crippen MR) is 94.9 cm³/mol. The average molecular weight is 381 g/mol. The maximum absolute atomic E-state index is 12.8. The summed E-state index contributed by atoms with van der Waals surface area (Å²) in [5, 5.41) is 3.46. The van der Waals surface area contributed by atoms with Crippen molar-refractivity contribution in [2.75, 3.05) is 24.6 Å². The average Bonchev–Trinajstić information content (AvgIpc) is 3.05. The van der Waals surface area contributed by atoms with Gasteiger partial charge in [-0.25, -0.2) is 4.90 Å².